The summed E-state index contributed by atoms with van der Waals surface area (Å²) in [5.41, 5.74) is 3.72. The Morgan fingerprint density at radius 3 is 2.62 bits per heavy atom. The molecule has 164 valence electrons. The molecule has 8 nitrogen and oxygen atoms in total. The topological polar surface area (TPSA) is 97.2 Å². The van der Waals surface area contributed by atoms with Crippen molar-refractivity contribution < 1.29 is 13.2 Å². The van der Waals surface area contributed by atoms with Crippen LogP contribution in [0.5, 0.6) is 0 Å². The number of nitrogens with one attached hydrogen (secondary N) is 1. The van der Waals surface area contributed by atoms with Gasteiger partial charge in [0.05, 0.1) is 17.3 Å². The Hall–Kier alpha value is -3.24. The lowest BCUT2D eigenvalue weighted by Gasteiger charge is -2.23. The Balaban J connectivity index is 1.39. The van der Waals surface area contributed by atoms with Crippen molar-refractivity contribution in [3.63, 3.8) is 0 Å². The summed E-state index contributed by atoms with van der Waals surface area (Å²) in [6, 6.07) is 16.4. The number of benzene rings is 2. The fourth-order valence-corrected chi connectivity index (χ4v) is 5.52. The summed E-state index contributed by atoms with van der Waals surface area (Å²) in [6.07, 6.45) is 1.40. The molecule has 0 bridgehead atoms. The summed E-state index contributed by atoms with van der Waals surface area (Å²) in [7, 11) is -3.33. The number of rotatable bonds is 8. The Labute approximate surface area is 189 Å². The van der Waals surface area contributed by atoms with Crippen LogP contribution in [-0.2, 0) is 27.9 Å². The second-order valence-electron chi connectivity index (χ2n) is 7.74. The third-order valence-electron chi connectivity index (χ3n) is 5.33. The molecule has 1 amide bonds. The summed E-state index contributed by atoms with van der Waals surface area (Å²) < 4.78 is 28.6. The van der Waals surface area contributed by atoms with E-state index in [0.29, 0.717) is 30.8 Å². The van der Waals surface area contributed by atoms with Crippen molar-refractivity contribution in [3.8, 4) is 0 Å². The highest BCUT2D eigenvalue weighted by atomic mass is 32.2. The zero-order valence-corrected chi connectivity index (χ0v) is 18.7. The van der Waals surface area contributed by atoms with Gasteiger partial charge >= 0.3 is 0 Å². The van der Waals surface area contributed by atoms with E-state index in [2.05, 4.69) is 15.0 Å². The molecule has 1 N–H and O–H groups in total. The van der Waals surface area contributed by atoms with Gasteiger partial charge in [-0.2, -0.15) is 11.3 Å². The van der Waals surface area contributed by atoms with Gasteiger partial charge < -0.3 is 4.90 Å². The molecule has 1 fully saturated rings. The monoisotopic (exact) mass is 467 g/mol. The number of hydrogen-bond acceptors (Lipinski definition) is 6. The van der Waals surface area contributed by atoms with E-state index in [9.17, 15) is 13.2 Å². The quantitative estimate of drug-likeness (QED) is 0.427. The van der Waals surface area contributed by atoms with Crippen molar-refractivity contribution in [2.45, 2.75) is 31.2 Å². The van der Waals surface area contributed by atoms with Crippen LogP contribution < -0.4 is 9.62 Å². The number of thiophene rings is 1. The Morgan fingerprint density at radius 2 is 1.91 bits per heavy atom. The standard InChI is InChI=1S/C22H21N5O3S2/c28-22(14-27-21-4-2-1-3-20(21)23-25-27)26(13-16-11-12-31-15-16)18-7-5-17(6-8-18)24-32(29,30)19-9-10-19/h1-8,11-12,15,19,24H,9-10,13-14H2. The second kappa shape index (κ2) is 8.36. The maximum absolute atomic E-state index is 13.3. The molecule has 2 heterocycles. The molecule has 0 saturated heterocycles. The van der Waals surface area contributed by atoms with Gasteiger partial charge in [0.1, 0.15) is 12.1 Å². The van der Waals surface area contributed by atoms with Crippen LogP contribution in [0.15, 0.2) is 65.4 Å². The molecule has 10 heteroatoms. The number of carbonyl (C=O) groups is 1. The van der Waals surface area contributed by atoms with Crippen LogP contribution in [0.1, 0.15) is 18.4 Å². The zero-order chi connectivity index (χ0) is 22.1. The first-order valence-electron chi connectivity index (χ1n) is 10.2. The van der Waals surface area contributed by atoms with E-state index < -0.39 is 10.0 Å². The molecule has 0 radical (unpaired) electrons. The zero-order valence-electron chi connectivity index (χ0n) is 17.1. The first-order chi connectivity index (χ1) is 15.5. The molecule has 32 heavy (non-hydrogen) atoms. The molecule has 0 aliphatic heterocycles. The van der Waals surface area contributed by atoms with Gasteiger partial charge in [-0.15, -0.1) is 5.10 Å². The van der Waals surface area contributed by atoms with Gasteiger partial charge in [0, 0.05) is 11.4 Å². The predicted molar refractivity (Wildman–Crippen MR) is 125 cm³/mol. The van der Waals surface area contributed by atoms with Crippen molar-refractivity contribution in [2.75, 3.05) is 9.62 Å². The highest BCUT2D eigenvalue weighted by Gasteiger charge is 2.35. The van der Waals surface area contributed by atoms with E-state index in [0.717, 1.165) is 16.6 Å². The minimum Gasteiger partial charge on any atom is -0.306 e. The van der Waals surface area contributed by atoms with Crippen molar-refractivity contribution in [2.24, 2.45) is 0 Å². The molecule has 2 aromatic heterocycles. The minimum atomic E-state index is -3.33. The molecule has 4 aromatic rings. The number of hydrogen-bond donors (Lipinski definition) is 1. The van der Waals surface area contributed by atoms with E-state index >= 15 is 0 Å². The lowest BCUT2D eigenvalue weighted by atomic mass is 10.2. The first kappa shape index (κ1) is 20.7. The molecule has 1 aliphatic carbocycles. The SMILES string of the molecule is O=C(Cn1nnc2ccccc21)N(Cc1ccsc1)c1ccc(NS(=O)(=O)C2CC2)cc1. The van der Waals surface area contributed by atoms with E-state index in [-0.39, 0.29) is 17.7 Å². The van der Waals surface area contributed by atoms with Crippen LogP contribution in [0.4, 0.5) is 11.4 Å². The number of sulfonamides is 1. The molecule has 2 aromatic carbocycles. The summed E-state index contributed by atoms with van der Waals surface area (Å²) in [5.74, 6) is -0.141. The van der Waals surface area contributed by atoms with Crippen molar-refractivity contribution in [1.29, 1.82) is 0 Å². The van der Waals surface area contributed by atoms with Gasteiger partial charge in [0.2, 0.25) is 15.9 Å². The van der Waals surface area contributed by atoms with Crippen LogP contribution >= 0.6 is 11.3 Å². The van der Waals surface area contributed by atoms with Gasteiger partial charge in [0.15, 0.2) is 0 Å². The van der Waals surface area contributed by atoms with Crippen LogP contribution in [0, 0.1) is 0 Å². The van der Waals surface area contributed by atoms with E-state index in [1.54, 1.807) is 45.2 Å². The molecule has 0 spiro atoms. The molecule has 5 rings (SSSR count). The maximum Gasteiger partial charge on any atom is 0.249 e. The predicted octanol–water partition coefficient (Wildman–Crippen LogP) is 3.63. The first-order valence-corrected chi connectivity index (χ1v) is 12.7. The molecular weight excluding hydrogens is 446 g/mol. The molecule has 0 unspecified atom stereocenters. The van der Waals surface area contributed by atoms with Gasteiger partial charge in [-0.05, 0) is 71.6 Å². The van der Waals surface area contributed by atoms with Crippen LogP contribution in [0.3, 0.4) is 0 Å². The van der Waals surface area contributed by atoms with Gasteiger partial charge in [0.25, 0.3) is 0 Å². The van der Waals surface area contributed by atoms with Crippen LogP contribution in [0.2, 0.25) is 0 Å². The lowest BCUT2D eigenvalue weighted by molar-refractivity contribution is -0.119. The second-order valence-corrected chi connectivity index (χ2v) is 10.5. The number of fused-ring (bicyclic) bond motifs is 1. The molecule has 0 atom stereocenters. The Bertz CT molecular complexity index is 1340. The number of carbonyl (C=O) groups excluding carboxylic acids is 1. The summed E-state index contributed by atoms with van der Waals surface area (Å²) in [5, 5.41) is 11.9. The van der Waals surface area contributed by atoms with E-state index in [1.807, 2.05) is 41.1 Å². The smallest absolute Gasteiger partial charge is 0.249 e. The third kappa shape index (κ3) is 4.37. The van der Waals surface area contributed by atoms with Crippen LogP contribution in [0.25, 0.3) is 11.0 Å². The van der Waals surface area contributed by atoms with Crippen LogP contribution in [-0.4, -0.2) is 34.6 Å². The van der Waals surface area contributed by atoms with Crippen molar-refractivity contribution in [3.05, 3.63) is 70.9 Å². The normalized spacial score (nSPS) is 13.9. The van der Waals surface area contributed by atoms with Gasteiger partial charge in [-0.3, -0.25) is 9.52 Å². The maximum atomic E-state index is 13.3. The number of aromatic nitrogens is 3. The van der Waals surface area contributed by atoms with Gasteiger partial charge in [-0.25, -0.2) is 13.1 Å². The summed E-state index contributed by atoms with van der Waals surface area (Å²) in [6.45, 7) is 0.447. The Kier molecular flexibility index (Phi) is 5.40. The van der Waals surface area contributed by atoms with Gasteiger partial charge in [-0.1, -0.05) is 17.3 Å². The molecular formula is C22H21N5O3S2. The van der Waals surface area contributed by atoms with Crippen molar-refractivity contribution in [1.82, 2.24) is 15.0 Å². The van der Waals surface area contributed by atoms with E-state index in [4.69, 9.17) is 0 Å². The molecule has 1 saturated carbocycles. The number of nitrogens with zero attached hydrogens (tertiary/aromatic N) is 4. The van der Waals surface area contributed by atoms with E-state index in [1.165, 1.54) is 0 Å². The number of para-hydroxylation sites is 1. The highest BCUT2D eigenvalue weighted by Crippen LogP contribution is 2.30. The van der Waals surface area contributed by atoms with Crippen molar-refractivity contribution >= 4 is 49.7 Å². The highest BCUT2D eigenvalue weighted by molar-refractivity contribution is 7.93. The number of amides is 1. The average Bonchev–Trinajstić information content (AvgIpc) is 3.41. The average molecular weight is 468 g/mol. The summed E-state index contributed by atoms with van der Waals surface area (Å²) in [4.78, 5) is 15.0. The fourth-order valence-electron chi connectivity index (χ4n) is 3.47. The summed E-state index contributed by atoms with van der Waals surface area (Å²) >= 11 is 1.57. The molecule has 1 aliphatic rings. The fraction of sp³-hybridized carbons (Fsp3) is 0.227. The largest absolute Gasteiger partial charge is 0.306 e. The lowest BCUT2D eigenvalue weighted by Crippen LogP contribution is -2.33. The minimum absolute atomic E-state index is 0.0424. The number of anilines is 2. The third-order valence-corrected chi connectivity index (χ3v) is 7.93. The Morgan fingerprint density at radius 1 is 1.12 bits per heavy atom.